The predicted molar refractivity (Wildman–Crippen MR) is 75.1 cm³/mol. The first-order valence-corrected chi connectivity index (χ1v) is 6.86. The molecule has 0 aliphatic heterocycles. The number of rotatable bonds is 5. The van der Waals surface area contributed by atoms with Gasteiger partial charge < -0.3 is 9.84 Å². The number of ether oxygens (including phenoxy) is 1. The van der Waals surface area contributed by atoms with Gasteiger partial charge in [-0.1, -0.05) is 6.92 Å². The highest BCUT2D eigenvalue weighted by Gasteiger charge is 2.23. The van der Waals surface area contributed by atoms with E-state index in [0.717, 1.165) is 17.4 Å². The Bertz CT molecular complexity index is 557. The van der Waals surface area contributed by atoms with Gasteiger partial charge in [0, 0.05) is 17.2 Å². The van der Waals surface area contributed by atoms with E-state index in [1.54, 1.807) is 30.3 Å². The molecule has 6 heteroatoms. The van der Waals surface area contributed by atoms with Crippen molar-refractivity contribution in [2.45, 2.75) is 26.0 Å². The molecule has 5 nitrogen and oxygen atoms in total. The number of hydrogen-bond acceptors (Lipinski definition) is 4. The standard InChI is InChI=1S/C13H16BrN3O2/c1-3-7-17-12(10(19-2)8-16-17)13(18)11-9(14)5-4-6-15-11/h4-6,8,13,18H,3,7H2,1-2H3. The first-order valence-electron chi connectivity index (χ1n) is 6.07. The Morgan fingerprint density at radius 3 is 2.95 bits per heavy atom. The molecule has 1 unspecified atom stereocenters. The highest BCUT2D eigenvalue weighted by molar-refractivity contribution is 9.10. The molecule has 19 heavy (non-hydrogen) atoms. The van der Waals surface area contributed by atoms with E-state index in [2.05, 4.69) is 32.9 Å². The predicted octanol–water partition coefficient (Wildman–Crippen LogP) is 2.54. The zero-order chi connectivity index (χ0) is 13.8. The van der Waals surface area contributed by atoms with Crippen LogP contribution in [0.2, 0.25) is 0 Å². The monoisotopic (exact) mass is 325 g/mol. The largest absolute Gasteiger partial charge is 0.493 e. The van der Waals surface area contributed by atoms with E-state index in [1.165, 1.54) is 0 Å². The highest BCUT2D eigenvalue weighted by Crippen LogP contribution is 2.32. The normalized spacial score (nSPS) is 12.4. The van der Waals surface area contributed by atoms with Gasteiger partial charge in [-0.25, -0.2) is 0 Å². The molecule has 1 atom stereocenters. The van der Waals surface area contributed by atoms with E-state index in [4.69, 9.17) is 4.74 Å². The summed E-state index contributed by atoms with van der Waals surface area (Å²) in [6.07, 6.45) is 3.31. The van der Waals surface area contributed by atoms with Gasteiger partial charge in [0.05, 0.1) is 19.0 Å². The number of methoxy groups -OCH3 is 1. The van der Waals surface area contributed by atoms with Crippen LogP contribution in [0.4, 0.5) is 0 Å². The van der Waals surface area contributed by atoms with Crippen LogP contribution in [0.3, 0.4) is 0 Å². The molecule has 2 aromatic rings. The van der Waals surface area contributed by atoms with Crippen molar-refractivity contribution >= 4 is 15.9 Å². The van der Waals surface area contributed by atoms with Crippen LogP contribution in [-0.4, -0.2) is 27.0 Å². The molecule has 0 bridgehead atoms. The summed E-state index contributed by atoms with van der Waals surface area (Å²) in [6.45, 7) is 2.78. The lowest BCUT2D eigenvalue weighted by atomic mass is 10.1. The molecule has 0 saturated heterocycles. The molecular formula is C13H16BrN3O2. The second-order valence-corrected chi connectivity index (χ2v) is 4.95. The molecule has 1 N–H and O–H groups in total. The van der Waals surface area contributed by atoms with E-state index < -0.39 is 6.10 Å². The topological polar surface area (TPSA) is 60.2 Å². The Hall–Kier alpha value is -1.40. The zero-order valence-electron chi connectivity index (χ0n) is 10.9. The second-order valence-electron chi connectivity index (χ2n) is 4.09. The molecule has 0 amide bonds. The molecule has 0 radical (unpaired) electrons. The molecule has 0 saturated carbocycles. The molecule has 2 rings (SSSR count). The first kappa shape index (κ1) is 14.0. The number of nitrogens with zero attached hydrogens (tertiary/aromatic N) is 3. The summed E-state index contributed by atoms with van der Waals surface area (Å²) in [5, 5.41) is 14.8. The number of halogens is 1. The average Bonchev–Trinajstić information content (AvgIpc) is 2.82. The van der Waals surface area contributed by atoms with Crippen LogP contribution < -0.4 is 4.74 Å². The van der Waals surface area contributed by atoms with Crippen molar-refractivity contribution < 1.29 is 9.84 Å². The summed E-state index contributed by atoms with van der Waals surface area (Å²) in [4.78, 5) is 4.22. The van der Waals surface area contributed by atoms with Crippen LogP contribution in [-0.2, 0) is 6.54 Å². The fourth-order valence-electron chi connectivity index (χ4n) is 1.93. The van der Waals surface area contributed by atoms with E-state index in [0.29, 0.717) is 17.1 Å². The molecule has 0 spiro atoms. The van der Waals surface area contributed by atoms with E-state index in [1.807, 2.05) is 6.07 Å². The molecule has 0 fully saturated rings. The lowest BCUT2D eigenvalue weighted by molar-refractivity contribution is 0.196. The molecule has 0 aliphatic rings. The number of hydrogen-bond donors (Lipinski definition) is 1. The van der Waals surface area contributed by atoms with Gasteiger partial charge >= 0.3 is 0 Å². The Labute approximate surface area is 120 Å². The lowest BCUT2D eigenvalue weighted by Gasteiger charge is -2.15. The molecule has 0 aromatic carbocycles. The van der Waals surface area contributed by atoms with Gasteiger partial charge in [-0.3, -0.25) is 9.67 Å². The average molecular weight is 326 g/mol. The first-order chi connectivity index (χ1) is 9.19. The summed E-state index contributed by atoms with van der Waals surface area (Å²) in [6, 6.07) is 3.65. The summed E-state index contributed by atoms with van der Waals surface area (Å²) in [5.74, 6) is 0.568. The van der Waals surface area contributed by atoms with Crippen LogP contribution in [0.25, 0.3) is 0 Å². The third kappa shape index (κ3) is 2.79. The molecule has 0 aliphatic carbocycles. The van der Waals surface area contributed by atoms with Gasteiger partial charge in [-0.2, -0.15) is 5.10 Å². The molecule has 102 valence electrons. The Morgan fingerprint density at radius 1 is 1.53 bits per heavy atom. The van der Waals surface area contributed by atoms with Gasteiger partial charge in [-0.05, 0) is 34.5 Å². The fraction of sp³-hybridized carbons (Fsp3) is 0.385. The van der Waals surface area contributed by atoms with Crippen molar-refractivity contribution in [1.82, 2.24) is 14.8 Å². The maximum Gasteiger partial charge on any atom is 0.163 e. The highest BCUT2D eigenvalue weighted by atomic mass is 79.9. The third-order valence-electron chi connectivity index (χ3n) is 2.81. The fourth-order valence-corrected chi connectivity index (χ4v) is 2.40. The van der Waals surface area contributed by atoms with Gasteiger partial charge in [0.25, 0.3) is 0 Å². The number of pyridine rings is 1. The van der Waals surface area contributed by atoms with Crippen molar-refractivity contribution in [1.29, 1.82) is 0 Å². The van der Waals surface area contributed by atoms with Crippen molar-refractivity contribution in [3.8, 4) is 5.75 Å². The van der Waals surface area contributed by atoms with Crippen molar-refractivity contribution in [3.05, 3.63) is 40.4 Å². The van der Waals surface area contributed by atoms with Gasteiger partial charge in [0.15, 0.2) is 5.75 Å². The van der Waals surface area contributed by atoms with E-state index >= 15 is 0 Å². The SMILES string of the molecule is CCCn1ncc(OC)c1C(O)c1ncccc1Br. The number of aliphatic hydroxyl groups excluding tert-OH is 1. The summed E-state index contributed by atoms with van der Waals surface area (Å²) >= 11 is 3.40. The van der Waals surface area contributed by atoms with Crippen LogP contribution in [0.1, 0.15) is 30.8 Å². The van der Waals surface area contributed by atoms with Gasteiger partial charge in [0.1, 0.15) is 11.8 Å². The third-order valence-corrected chi connectivity index (χ3v) is 3.48. The van der Waals surface area contributed by atoms with E-state index in [-0.39, 0.29) is 0 Å². The summed E-state index contributed by atoms with van der Waals surface area (Å²) < 4.78 is 7.78. The van der Waals surface area contributed by atoms with Crippen molar-refractivity contribution in [2.24, 2.45) is 0 Å². The lowest BCUT2D eigenvalue weighted by Crippen LogP contribution is -2.12. The molecular weight excluding hydrogens is 310 g/mol. The Morgan fingerprint density at radius 2 is 2.32 bits per heavy atom. The Kier molecular flexibility index (Phi) is 4.55. The van der Waals surface area contributed by atoms with Crippen LogP contribution in [0.15, 0.2) is 29.0 Å². The smallest absolute Gasteiger partial charge is 0.163 e. The number of aromatic nitrogens is 3. The zero-order valence-corrected chi connectivity index (χ0v) is 12.5. The van der Waals surface area contributed by atoms with Crippen molar-refractivity contribution in [3.63, 3.8) is 0 Å². The Balaban J connectivity index is 2.45. The quantitative estimate of drug-likeness (QED) is 0.917. The minimum Gasteiger partial charge on any atom is -0.493 e. The minimum absolute atomic E-state index is 0.554. The van der Waals surface area contributed by atoms with Crippen LogP contribution in [0.5, 0.6) is 5.75 Å². The molecule has 2 aromatic heterocycles. The maximum absolute atomic E-state index is 10.5. The van der Waals surface area contributed by atoms with Crippen LogP contribution >= 0.6 is 15.9 Å². The van der Waals surface area contributed by atoms with Gasteiger partial charge in [0.2, 0.25) is 0 Å². The van der Waals surface area contributed by atoms with E-state index in [9.17, 15) is 5.11 Å². The van der Waals surface area contributed by atoms with Gasteiger partial charge in [-0.15, -0.1) is 0 Å². The second kappa shape index (κ2) is 6.16. The summed E-state index contributed by atoms with van der Waals surface area (Å²) in [7, 11) is 1.57. The molecule has 2 heterocycles. The summed E-state index contributed by atoms with van der Waals surface area (Å²) in [5.41, 5.74) is 1.18. The number of aliphatic hydroxyl groups is 1. The minimum atomic E-state index is -0.875. The number of aryl methyl sites for hydroxylation is 1. The van der Waals surface area contributed by atoms with Crippen molar-refractivity contribution in [2.75, 3.05) is 7.11 Å². The maximum atomic E-state index is 10.5. The van der Waals surface area contributed by atoms with Crippen LogP contribution in [0, 0.1) is 0 Å².